The highest BCUT2D eigenvalue weighted by Crippen LogP contribution is 2.26. The Hall–Kier alpha value is -1.94. The molecule has 0 spiro atoms. The van der Waals surface area contributed by atoms with Gasteiger partial charge in [0.05, 0.1) is 13.2 Å². The van der Waals surface area contributed by atoms with Crippen molar-refractivity contribution < 1.29 is 13.5 Å². The molecule has 0 saturated heterocycles. The lowest BCUT2D eigenvalue weighted by Gasteiger charge is -2.15. The minimum atomic E-state index is -0.707. The molecule has 4 heteroatoms. The zero-order chi connectivity index (χ0) is 14.0. The lowest BCUT2D eigenvalue weighted by atomic mass is 9.98. The van der Waals surface area contributed by atoms with Gasteiger partial charge in [-0.2, -0.15) is 0 Å². The van der Waals surface area contributed by atoms with Gasteiger partial charge in [0.15, 0.2) is 0 Å². The summed E-state index contributed by atoms with van der Waals surface area (Å²) in [5.74, 6) is -0.391. The fourth-order valence-corrected chi connectivity index (χ4v) is 1.87. The molecule has 2 nitrogen and oxygen atoms in total. The standard InChI is InChI=1S/C15H15F2NO/c1-9-3-4-10(7-13(9)16)15(18)12-6-5-11(19-2)8-14(12)17/h3-8,15H,18H2,1-2H3. The molecular formula is C15H15F2NO. The molecule has 2 rings (SSSR count). The van der Waals surface area contributed by atoms with E-state index in [4.69, 9.17) is 10.5 Å². The average Bonchev–Trinajstić information content (AvgIpc) is 2.41. The third kappa shape index (κ3) is 2.74. The highest BCUT2D eigenvalue weighted by molar-refractivity contribution is 5.37. The third-order valence-electron chi connectivity index (χ3n) is 3.10. The van der Waals surface area contributed by atoms with Crippen molar-refractivity contribution in [3.63, 3.8) is 0 Å². The second kappa shape index (κ2) is 5.36. The summed E-state index contributed by atoms with van der Waals surface area (Å²) in [4.78, 5) is 0. The number of hydrogen-bond acceptors (Lipinski definition) is 2. The first kappa shape index (κ1) is 13.5. The van der Waals surface area contributed by atoms with Crippen molar-refractivity contribution in [3.05, 3.63) is 64.7 Å². The second-order valence-corrected chi connectivity index (χ2v) is 4.37. The van der Waals surface area contributed by atoms with Gasteiger partial charge >= 0.3 is 0 Å². The Labute approximate surface area is 110 Å². The van der Waals surface area contributed by atoms with Crippen LogP contribution in [0.5, 0.6) is 5.75 Å². The van der Waals surface area contributed by atoms with Crippen molar-refractivity contribution >= 4 is 0 Å². The van der Waals surface area contributed by atoms with Gasteiger partial charge in [-0.15, -0.1) is 0 Å². The zero-order valence-electron chi connectivity index (χ0n) is 10.8. The van der Waals surface area contributed by atoms with Crippen molar-refractivity contribution in [1.82, 2.24) is 0 Å². The van der Waals surface area contributed by atoms with Crippen LogP contribution in [0, 0.1) is 18.6 Å². The molecule has 0 aliphatic carbocycles. The molecule has 0 bridgehead atoms. The van der Waals surface area contributed by atoms with Crippen molar-refractivity contribution in [2.45, 2.75) is 13.0 Å². The van der Waals surface area contributed by atoms with Crippen LogP contribution >= 0.6 is 0 Å². The second-order valence-electron chi connectivity index (χ2n) is 4.37. The maximum absolute atomic E-state index is 13.9. The number of nitrogens with two attached hydrogens (primary N) is 1. The van der Waals surface area contributed by atoms with Gasteiger partial charge in [-0.3, -0.25) is 0 Å². The molecule has 0 saturated carbocycles. The number of benzene rings is 2. The van der Waals surface area contributed by atoms with Gasteiger partial charge in [-0.05, 0) is 30.2 Å². The number of rotatable bonds is 3. The van der Waals surface area contributed by atoms with Gasteiger partial charge in [0.25, 0.3) is 0 Å². The van der Waals surface area contributed by atoms with Crippen LogP contribution < -0.4 is 10.5 Å². The lowest BCUT2D eigenvalue weighted by Crippen LogP contribution is -2.14. The molecule has 0 amide bonds. The van der Waals surface area contributed by atoms with Crippen molar-refractivity contribution in [3.8, 4) is 5.75 Å². The average molecular weight is 263 g/mol. The lowest BCUT2D eigenvalue weighted by molar-refractivity contribution is 0.410. The molecule has 2 N–H and O–H groups in total. The van der Waals surface area contributed by atoms with E-state index in [1.54, 1.807) is 31.2 Å². The Morgan fingerprint density at radius 2 is 1.79 bits per heavy atom. The van der Waals surface area contributed by atoms with E-state index in [2.05, 4.69) is 0 Å². The van der Waals surface area contributed by atoms with Crippen molar-refractivity contribution in [2.75, 3.05) is 7.11 Å². The summed E-state index contributed by atoms with van der Waals surface area (Å²) >= 11 is 0. The monoisotopic (exact) mass is 263 g/mol. The summed E-state index contributed by atoms with van der Waals surface area (Å²) in [5, 5.41) is 0. The number of hydrogen-bond donors (Lipinski definition) is 1. The van der Waals surface area contributed by atoms with E-state index in [1.165, 1.54) is 19.2 Å². The first-order valence-electron chi connectivity index (χ1n) is 5.88. The molecule has 0 aliphatic rings. The first-order chi connectivity index (χ1) is 9.02. The van der Waals surface area contributed by atoms with E-state index in [0.29, 0.717) is 22.4 Å². The quantitative estimate of drug-likeness (QED) is 0.921. The van der Waals surface area contributed by atoms with E-state index in [0.717, 1.165) is 0 Å². The first-order valence-corrected chi connectivity index (χ1v) is 5.88. The number of ether oxygens (including phenoxy) is 1. The molecule has 0 fully saturated rings. The Bertz CT molecular complexity index is 599. The fourth-order valence-electron chi connectivity index (χ4n) is 1.87. The summed E-state index contributed by atoms with van der Waals surface area (Å²) in [6.07, 6.45) is 0. The van der Waals surface area contributed by atoms with Gasteiger partial charge in [0.2, 0.25) is 0 Å². The Kier molecular flexibility index (Phi) is 3.81. The molecule has 0 aromatic heterocycles. The van der Waals surface area contributed by atoms with Crippen LogP contribution in [-0.4, -0.2) is 7.11 Å². The maximum Gasteiger partial charge on any atom is 0.132 e. The summed E-state index contributed by atoms with van der Waals surface area (Å²) in [7, 11) is 1.46. The van der Waals surface area contributed by atoms with Gasteiger partial charge in [-0.25, -0.2) is 8.78 Å². The molecule has 100 valence electrons. The van der Waals surface area contributed by atoms with Gasteiger partial charge in [-0.1, -0.05) is 18.2 Å². The number of halogens is 2. The fraction of sp³-hybridized carbons (Fsp3) is 0.200. The van der Waals surface area contributed by atoms with Crippen LogP contribution in [0.2, 0.25) is 0 Å². The van der Waals surface area contributed by atoms with E-state index in [-0.39, 0.29) is 5.82 Å². The Morgan fingerprint density at radius 3 is 2.37 bits per heavy atom. The minimum Gasteiger partial charge on any atom is -0.497 e. The number of aryl methyl sites for hydroxylation is 1. The highest BCUT2D eigenvalue weighted by atomic mass is 19.1. The SMILES string of the molecule is COc1ccc(C(N)c2ccc(C)c(F)c2)c(F)c1. The van der Waals surface area contributed by atoms with Crippen LogP contribution in [0.4, 0.5) is 8.78 Å². The molecule has 2 aromatic carbocycles. The largest absolute Gasteiger partial charge is 0.497 e. The summed E-state index contributed by atoms with van der Waals surface area (Å²) in [5.41, 5.74) is 7.36. The molecule has 19 heavy (non-hydrogen) atoms. The van der Waals surface area contributed by atoms with Crippen molar-refractivity contribution in [2.24, 2.45) is 5.73 Å². The molecule has 0 aliphatic heterocycles. The summed E-state index contributed by atoms with van der Waals surface area (Å²) < 4.78 is 32.3. The van der Waals surface area contributed by atoms with Gasteiger partial charge < -0.3 is 10.5 Å². The summed E-state index contributed by atoms with van der Waals surface area (Å²) in [6.45, 7) is 1.67. The van der Waals surface area contributed by atoms with E-state index in [9.17, 15) is 8.78 Å². The van der Waals surface area contributed by atoms with E-state index < -0.39 is 11.9 Å². The Morgan fingerprint density at radius 1 is 1.05 bits per heavy atom. The predicted octanol–water partition coefficient (Wildman–Crippen LogP) is 3.33. The summed E-state index contributed by atoms with van der Waals surface area (Å²) in [6, 6.07) is 8.41. The smallest absolute Gasteiger partial charge is 0.132 e. The third-order valence-corrected chi connectivity index (χ3v) is 3.10. The van der Waals surface area contributed by atoms with E-state index in [1.807, 2.05) is 0 Å². The molecule has 1 unspecified atom stereocenters. The molecular weight excluding hydrogens is 248 g/mol. The molecule has 1 atom stereocenters. The number of methoxy groups -OCH3 is 1. The Balaban J connectivity index is 2.38. The van der Waals surface area contributed by atoms with E-state index >= 15 is 0 Å². The van der Waals surface area contributed by atoms with Crippen LogP contribution in [0.25, 0.3) is 0 Å². The highest BCUT2D eigenvalue weighted by Gasteiger charge is 2.15. The minimum absolute atomic E-state index is 0.309. The van der Waals surface area contributed by atoms with Crippen LogP contribution in [0.3, 0.4) is 0 Å². The zero-order valence-corrected chi connectivity index (χ0v) is 10.8. The molecule has 0 radical (unpaired) electrons. The molecule has 0 heterocycles. The normalized spacial score (nSPS) is 12.3. The predicted molar refractivity (Wildman–Crippen MR) is 70.1 cm³/mol. The van der Waals surface area contributed by atoms with Crippen molar-refractivity contribution in [1.29, 1.82) is 0 Å². The van der Waals surface area contributed by atoms with Crippen LogP contribution in [0.15, 0.2) is 36.4 Å². The topological polar surface area (TPSA) is 35.2 Å². The van der Waals surface area contributed by atoms with Crippen LogP contribution in [0.1, 0.15) is 22.7 Å². The molecule has 2 aromatic rings. The van der Waals surface area contributed by atoms with Gasteiger partial charge in [0, 0.05) is 11.6 Å². The van der Waals surface area contributed by atoms with Crippen LogP contribution in [-0.2, 0) is 0 Å². The van der Waals surface area contributed by atoms with Gasteiger partial charge in [0.1, 0.15) is 17.4 Å². The maximum atomic E-state index is 13.9.